The number of aryl methyl sites for hydroxylation is 1. The Bertz CT molecular complexity index is 329. The second kappa shape index (κ2) is 8.13. The number of hydrogen-bond acceptors (Lipinski definition) is 2. The molecule has 0 spiro atoms. The monoisotopic (exact) mass is 242 g/mol. The van der Waals surface area contributed by atoms with Crippen LogP contribution in [0.1, 0.15) is 11.1 Å². The van der Waals surface area contributed by atoms with Gasteiger partial charge in [0.05, 0.1) is 6.42 Å². The molecule has 0 unspecified atom stereocenters. The van der Waals surface area contributed by atoms with Gasteiger partial charge in [0, 0.05) is 13.1 Å². The van der Waals surface area contributed by atoms with Crippen molar-refractivity contribution in [2.75, 3.05) is 20.1 Å². The van der Waals surface area contributed by atoms with Crippen LogP contribution < -0.4 is 10.6 Å². The Labute approximate surface area is 103 Å². The maximum atomic E-state index is 11.5. The van der Waals surface area contributed by atoms with Gasteiger partial charge in [0.1, 0.15) is 0 Å². The molecule has 1 rings (SSSR count). The highest BCUT2D eigenvalue weighted by Gasteiger charge is 2.03. The van der Waals surface area contributed by atoms with E-state index in [2.05, 4.69) is 10.6 Å². The van der Waals surface area contributed by atoms with Gasteiger partial charge in [0.2, 0.25) is 5.91 Å². The summed E-state index contributed by atoms with van der Waals surface area (Å²) in [6, 6.07) is 7.96. The number of carbonyl (C=O) groups is 1. The number of halogens is 1. The summed E-state index contributed by atoms with van der Waals surface area (Å²) in [7, 11) is 1.87. The van der Waals surface area contributed by atoms with E-state index in [0.29, 0.717) is 13.0 Å². The highest BCUT2D eigenvalue weighted by molar-refractivity contribution is 5.85. The van der Waals surface area contributed by atoms with E-state index in [0.717, 1.165) is 12.1 Å². The lowest BCUT2D eigenvalue weighted by atomic mass is 10.1. The van der Waals surface area contributed by atoms with Gasteiger partial charge in [0.15, 0.2) is 0 Å². The molecule has 0 saturated carbocycles. The number of amides is 1. The molecular formula is C12H19ClN2O. The van der Waals surface area contributed by atoms with Crippen LogP contribution in [0.15, 0.2) is 24.3 Å². The van der Waals surface area contributed by atoms with Crippen molar-refractivity contribution in [2.45, 2.75) is 13.3 Å². The summed E-state index contributed by atoms with van der Waals surface area (Å²) in [6.45, 7) is 3.51. The van der Waals surface area contributed by atoms with Gasteiger partial charge in [-0.15, -0.1) is 12.4 Å². The first kappa shape index (κ1) is 14.9. The molecule has 0 fully saturated rings. The molecule has 16 heavy (non-hydrogen) atoms. The van der Waals surface area contributed by atoms with Crippen molar-refractivity contribution in [3.63, 3.8) is 0 Å². The van der Waals surface area contributed by atoms with Crippen molar-refractivity contribution < 1.29 is 4.79 Å². The molecule has 1 aromatic carbocycles. The lowest BCUT2D eigenvalue weighted by Crippen LogP contribution is -2.31. The molecule has 0 radical (unpaired) electrons. The molecule has 4 heteroatoms. The quantitative estimate of drug-likeness (QED) is 0.765. The zero-order valence-corrected chi connectivity index (χ0v) is 10.6. The van der Waals surface area contributed by atoms with Gasteiger partial charge in [0.25, 0.3) is 0 Å². The van der Waals surface area contributed by atoms with Gasteiger partial charge < -0.3 is 10.6 Å². The second-order valence-electron chi connectivity index (χ2n) is 3.56. The number of hydrogen-bond donors (Lipinski definition) is 2. The Morgan fingerprint density at radius 3 is 2.56 bits per heavy atom. The lowest BCUT2D eigenvalue weighted by Gasteiger charge is -2.06. The number of carbonyl (C=O) groups excluding carboxylic acids is 1. The van der Waals surface area contributed by atoms with Gasteiger partial charge in [-0.25, -0.2) is 0 Å². The van der Waals surface area contributed by atoms with Crippen LogP contribution in [-0.2, 0) is 11.2 Å². The third kappa shape index (κ3) is 5.14. The van der Waals surface area contributed by atoms with E-state index in [-0.39, 0.29) is 18.3 Å². The van der Waals surface area contributed by atoms with Crippen LogP contribution in [0, 0.1) is 6.92 Å². The smallest absolute Gasteiger partial charge is 0.224 e. The summed E-state index contributed by atoms with van der Waals surface area (Å²) in [4.78, 5) is 11.5. The minimum atomic E-state index is 0. The van der Waals surface area contributed by atoms with E-state index in [9.17, 15) is 4.79 Å². The molecule has 2 N–H and O–H groups in total. The summed E-state index contributed by atoms with van der Waals surface area (Å²) in [5.74, 6) is 0.0829. The number of nitrogens with one attached hydrogen (secondary N) is 2. The molecule has 0 bridgehead atoms. The minimum Gasteiger partial charge on any atom is -0.355 e. The first-order chi connectivity index (χ1) is 7.24. The summed E-state index contributed by atoms with van der Waals surface area (Å²) in [5, 5.41) is 5.84. The summed E-state index contributed by atoms with van der Waals surface area (Å²) >= 11 is 0. The van der Waals surface area contributed by atoms with Gasteiger partial charge in [-0.3, -0.25) is 4.79 Å². The molecule has 90 valence electrons. The number of benzene rings is 1. The Morgan fingerprint density at radius 2 is 1.94 bits per heavy atom. The first-order valence-electron chi connectivity index (χ1n) is 5.20. The van der Waals surface area contributed by atoms with Crippen LogP contribution in [0.5, 0.6) is 0 Å². The van der Waals surface area contributed by atoms with Crippen LogP contribution >= 0.6 is 12.4 Å². The normalized spacial score (nSPS) is 9.38. The summed E-state index contributed by atoms with van der Waals surface area (Å²) < 4.78 is 0. The Hall–Kier alpha value is -1.06. The molecule has 0 heterocycles. The van der Waals surface area contributed by atoms with Crippen LogP contribution in [0.3, 0.4) is 0 Å². The zero-order valence-electron chi connectivity index (χ0n) is 9.75. The van der Waals surface area contributed by atoms with E-state index in [1.807, 2.05) is 38.2 Å². The fraction of sp³-hybridized carbons (Fsp3) is 0.417. The topological polar surface area (TPSA) is 41.1 Å². The number of rotatable bonds is 5. The van der Waals surface area contributed by atoms with Crippen LogP contribution in [0.25, 0.3) is 0 Å². The molecule has 0 aliphatic heterocycles. The Kier molecular flexibility index (Phi) is 7.60. The lowest BCUT2D eigenvalue weighted by molar-refractivity contribution is -0.120. The summed E-state index contributed by atoms with van der Waals surface area (Å²) in [5.41, 5.74) is 2.26. The SMILES string of the molecule is CNCCNC(=O)Cc1ccccc1C.Cl. The predicted molar refractivity (Wildman–Crippen MR) is 69.1 cm³/mol. The summed E-state index contributed by atoms with van der Waals surface area (Å²) in [6.07, 6.45) is 0.469. The largest absolute Gasteiger partial charge is 0.355 e. The van der Waals surface area contributed by atoms with Crippen molar-refractivity contribution >= 4 is 18.3 Å². The fourth-order valence-corrected chi connectivity index (χ4v) is 1.37. The van der Waals surface area contributed by atoms with Crippen molar-refractivity contribution in [1.29, 1.82) is 0 Å². The standard InChI is InChI=1S/C12H18N2O.ClH/c1-10-5-3-4-6-11(10)9-12(15)14-8-7-13-2;/h3-6,13H,7-9H2,1-2H3,(H,14,15);1H. The second-order valence-corrected chi connectivity index (χ2v) is 3.56. The van der Waals surface area contributed by atoms with Gasteiger partial charge in [-0.2, -0.15) is 0 Å². The van der Waals surface area contributed by atoms with Crippen LogP contribution in [0.4, 0.5) is 0 Å². The highest BCUT2D eigenvalue weighted by Crippen LogP contribution is 2.07. The first-order valence-corrected chi connectivity index (χ1v) is 5.20. The average Bonchev–Trinajstić information content (AvgIpc) is 2.22. The molecule has 0 aromatic heterocycles. The van der Waals surface area contributed by atoms with Crippen molar-refractivity contribution in [3.05, 3.63) is 35.4 Å². The molecular weight excluding hydrogens is 224 g/mol. The molecule has 0 saturated heterocycles. The van der Waals surface area contributed by atoms with Gasteiger partial charge in [-0.1, -0.05) is 24.3 Å². The van der Waals surface area contributed by atoms with E-state index < -0.39 is 0 Å². The van der Waals surface area contributed by atoms with Crippen molar-refractivity contribution in [2.24, 2.45) is 0 Å². The highest BCUT2D eigenvalue weighted by atomic mass is 35.5. The zero-order chi connectivity index (χ0) is 11.1. The third-order valence-electron chi connectivity index (χ3n) is 2.31. The maximum Gasteiger partial charge on any atom is 0.224 e. The molecule has 1 aromatic rings. The van der Waals surface area contributed by atoms with E-state index in [1.165, 1.54) is 5.56 Å². The van der Waals surface area contributed by atoms with E-state index >= 15 is 0 Å². The fourth-order valence-electron chi connectivity index (χ4n) is 1.37. The van der Waals surface area contributed by atoms with Crippen molar-refractivity contribution in [1.82, 2.24) is 10.6 Å². The van der Waals surface area contributed by atoms with Gasteiger partial charge >= 0.3 is 0 Å². The third-order valence-corrected chi connectivity index (χ3v) is 2.31. The molecule has 3 nitrogen and oxygen atoms in total. The Morgan fingerprint density at radius 1 is 1.25 bits per heavy atom. The van der Waals surface area contributed by atoms with E-state index in [1.54, 1.807) is 0 Å². The van der Waals surface area contributed by atoms with Crippen LogP contribution in [0.2, 0.25) is 0 Å². The van der Waals surface area contributed by atoms with Crippen LogP contribution in [-0.4, -0.2) is 26.0 Å². The van der Waals surface area contributed by atoms with E-state index in [4.69, 9.17) is 0 Å². The molecule has 1 amide bonds. The average molecular weight is 243 g/mol. The van der Waals surface area contributed by atoms with Gasteiger partial charge in [-0.05, 0) is 25.1 Å². The molecule has 0 aliphatic carbocycles. The van der Waals surface area contributed by atoms with Crippen molar-refractivity contribution in [3.8, 4) is 0 Å². The predicted octanol–water partition coefficient (Wildman–Crippen LogP) is 1.29. The maximum absolute atomic E-state index is 11.5. The minimum absolute atomic E-state index is 0. The number of likely N-dealkylation sites (N-methyl/N-ethyl adjacent to an activating group) is 1. The molecule has 0 atom stereocenters. The molecule has 0 aliphatic rings. The Balaban J connectivity index is 0.00000225.